The lowest BCUT2D eigenvalue weighted by Crippen LogP contribution is -2.58. The summed E-state index contributed by atoms with van der Waals surface area (Å²) < 4.78 is 5.80. The smallest absolute Gasteiger partial charge is 0.407 e. The number of alkyl carbamates (subject to hydrolysis) is 1. The molecular weight excluding hydrogens is 276 g/mol. The van der Waals surface area contributed by atoms with E-state index in [4.69, 9.17) is 4.74 Å². The van der Waals surface area contributed by atoms with Crippen LogP contribution in [0.1, 0.15) is 38.2 Å². The maximum atomic E-state index is 11.7. The van der Waals surface area contributed by atoms with Crippen molar-refractivity contribution in [1.82, 2.24) is 10.2 Å². The molecule has 1 spiro atoms. The number of ether oxygens (including phenoxy) is 1. The van der Waals surface area contributed by atoms with Gasteiger partial charge in [-0.3, -0.25) is 4.90 Å². The molecule has 1 aromatic rings. The number of likely N-dealkylation sites (tertiary alicyclic amines) is 1. The van der Waals surface area contributed by atoms with Crippen molar-refractivity contribution >= 4 is 6.09 Å². The Morgan fingerprint density at radius 1 is 1.27 bits per heavy atom. The predicted molar refractivity (Wildman–Crippen MR) is 86.6 cm³/mol. The van der Waals surface area contributed by atoms with Gasteiger partial charge in [-0.1, -0.05) is 43.7 Å². The lowest BCUT2D eigenvalue weighted by atomic mass is 9.76. The fraction of sp³-hybridized carbons (Fsp3) is 0.611. The minimum Gasteiger partial charge on any atom is -0.442 e. The van der Waals surface area contributed by atoms with E-state index in [9.17, 15) is 4.79 Å². The van der Waals surface area contributed by atoms with Crippen LogP contribution in [-0.2, 0) is 11.3 Å². The number of hydrogen-bond donors (Lipinski definition) is 1. The number of nitrogens with one attached hydrogen (secondary N) is 1. The molecule has 1 N–H and O–H groups in total. The average Bonchev–Trinajstić information content (AvgIpc) is 2.54. The Kier molecular flexibility index (Phi) is 4.67. The van der Waals surface area contributed by atoms with E-state index in [0.717, 1.165) is 51.9 Å². The number of piperidine rings is 1. The molecule has 1 aromatic carbocycles. The van der Waals surface area contributed by atoms with Gasteiger partial charge in [0.2, 0.25) is 0 Å². The van der Waals surface area contributed by atoms with Gasteiger partial charge >= 0.3 is 6.09 Å². The molecule has 4 heteroatoms. The maximum absolute atomic E-state index is 11.7. The molecule has 0 saturated carbocycles. The first-order valence-corrected chi connectivity index (χ1v) is 8.45. The van der Waals surface area contributed by atoms with Crippen LogP contribution < -0.4 is 5.32 Å². The average molecular weight is 302 g/mol. The van der Waals surface area contributed by atoms with Crippen molar-refractivity contribution in [2.75, 3.05) is 19.6 Å². The van der Waals surface area contributed by atoms with E-state index >= 15 is 0 Å². The van der Waals surface area contributed by atoms with E-state index in [2.05, 4.69) is 47.5 Å². The van der Waals surface area contributed by atoms with Gasteiger partial charge in [0.1, 0.15) is 5.60 Å². The largest absolute Gasteiger partial charge is 0.442 e. The summed E-state index contributed by atoms with van der Waals surface area (Å²) >= 11 is 0. The van der Waals surface area contributed by atoms with Crippen LogP contribution >= 0.6 is 0 Å². The second-order valence-electron chi connectivity index (χ2n) is 6.58. The highest BCUT2D eigenvalue weighted by atomic mass is 16.6. The van der Waals surface area contributed by atoms with E-state index in [1.807, 2.05) is 0 Å². The summed E-state index contributed by atoms with van der Waals surface area (Å²) in [6.07, 6.45) is 3.94. The molecular formula is C18H26N2O2. The minimum atomic E-state index is -0.233. The second-order valence-corrected chi connectivity index (χ2v) is 6.58. The van der Waals surface area contributed by atoms with E-state index < -0.39 is 0 Å². The topological polar surface area (TPSA) is 41.6 Å². The normalized spacial score (nSPS) is 24.8. The molecule has 2 heterocycles. The summed E-state index contributed by atoms with van der Waals surface area (Å²) in [5, 5.41) is 2.86. The van der Waals surface area contributed by atoms with Crippen molar-refractivity contribution in [3.8, 4) is 0 Å². The monoisotopic (exact) mass is 302 g/mol. The van der Waals surface area contributed by atoms with E-state index in [1.165, 1.54) is 5.56 Å². The third-order valence-electron chi connectivity index (χ3n) is 5.12. The summed E-state index contributed by atoms with van der Waals surface area (Å²) in [5.41, 5.74) is 1.12. The van der Waals surface area contributed by atoms with Gasteiger partial charge in [-0.25, -0.2) is 4.79 Å². The molecule has 0 radical (unpaired) electrons. The predicted octanol–water partition coefficient (Wildman–Crippen LogP) is 3.18. The molecule has 0 bridgehead atoms. The Labute approximate surface area is 132 Å². The third-order valence-corrected chi connectivity index (χ3v) is 5.12. The lowest BCUT2D eigenvalue weighted by Gasteiger charge is -2.48. The Hall–Kier alpha value is -1.55. The lowest BCUT2D eigenvalue weighted by molar-refractivity contribution is -0.0946. The summed E-state index contributed by atoms with van der Waals surface area (Å²) in [6.45, 7) is 5.96. The van der Waals surface area contributed by atoms with Gasteiger partial charge < -0.3 is 10.1 Å². The molecule has 4 nitrogen and oxygen atoms in total. The molecule has 0 aliphatic carbocycles. The summed E-state index contributed by atoms with van der Waals surface area (Å²) in [5.74, 6) is 0.453. The highest BCUT2D eigenvalue weighted by molar-refractivity contribution is 5.68. The van der Waals surface area contributed by atoms with Crippen molar-refractivity contribution < 1.29 is 9.53 Å². The molecule has 2 aliphatic rings. The van der Waals surface area contributed by atoms with Gasteiger partial charge in [-0.05, 0) is 12.0 Å². The van der Waals surface area contributed by atoms with E-state index in [0.29, 0.717) is 5.92 Å². The first kappa shape index (κ1) is 15.3. The summed E-state index contributed by atoms with van der Waals surface area (Å²) in [4.78, 5) is 14.2. The number of hydrogen-bond acceptors (Lipinski definition) is 3. The number of amides is 1. The number of carbonyl (C=O) groups excluding carboxylic acids is 1. The van der Waals surface area contributed by atoms with Gasteiger partial charge in [0.05, 0.1) is 0 Å². The molecule has 22 heavy (non-hydrogen) atoms. The Morgan fingerprint density at radius 3 is 2.68 bits per heavy atom. The molecule has 1 atom stereocenters. The fourth-order valence-electron chi connectivity index (χ4n) is 3.85. The molecule has 1 unspecified atom stereocenters. The standard InChI is InChI=1S/C18H26N2O2/c1-2-6-16-13-19-17(21)22-18(16)9-11-20(12-10-18)14-15-7-4-3-5-8-15/h3-5,7-8,16H,2,6,9-14H2,1H3,(H,19,21). The quantitative estimate of drug-likeness (QED) is 0.929. The van der Waals surface area contributed by atoms with Crippen molar-refractivity contribution in [3.63, 3.8) is 0 Å². The van der Waals surface area contributed by atoms with Crippen molar-refractivity contribution in [1.29, 1.82) is 0 Å². The van der Waals surface area contributed by atoms with Crippen LogP contribution in [0.15, 0.2) is 30.3 Å². The number of nitrogens with zero attached hydrogens (tertiary/aromatic N) is 1. The highest BCUT2D eigenvalue weighted by Gasteiger charge is 2.46. The Morgan fingerprint density at radius 2 is 2.00 bits per heavy atom. The van der Waals surface area contributed by atoms with Gasteiger partial charge in [0.15, 0.2) is 0 Å². The van der Waals surface area contributed by atoms with Gasteiger partial charge in [-0.2, -0.15) is 0 Å². The van der Waals surface area contributed by atoms with Gasteiger partial charge in [-0.15, -0.1) is 0 Å². The molecule has 2 saturated heterocycles. The molecule has 2 aliphatic heterocycles. The van der Waals surface area contributed by atoms with E-state index in [-0.39, 0.29) is 11.7 Å². The zero-order valence-electron chi connectivity index (χ0n) is 13.4. The van der Waals surface area contributed by atoms with Crippen LogP contribution in [0, 0.1) is 5.92 Å². The zero-order valence-corrected chi connectivity index (χ0v) is 13.4. The fourth-order valence-corrected chi connectivity index (χ4v) is 3.85. The Bertz CT molecular complexity index is 495. The van der Waals surface area contributed by atoms with Gasteiger partial charge in [0, 0.05) is 44.9 Å². The second kappa shape index (κ2) is 6.69. The highest BCUT2D eigenvalue weighted by Crippen LogP contribution is 2.38. The van der Waals surface area contributed by atoms with Crippen molar-refractivity contribution in [2.45, 2.75) is 44.8 Å². The van der Waals surface area contributed by atoms with Crippen LogP contribution in [0.4, 0.5) is 4.79 Å². The molecule has 120 valence electrons. The molecule has 0 aromatic heterocycles. The molecule has 1 amide bonds. The van der Waals surface area contributed by atoms with Crippen LogP contribution in [0.2, 0.25) is 0 Å². The zero-order chi connectivity index (χ0) is 15.4. The van der Waals surface area contributed by atoms with Crippen molar-refractivity contribution in [3.05, 3.63) is 35.9 Å². The first-order valence-electron chi connectivity index (χ1n) is 8.45. The van der Waals surface area contributed by atoms with Crippen LogP contribution in [0.25, 0.3) is 0 Å². The summed E-state index contributed by atoms with van der Waals surface area (Å²) in [6, 6.07) is 10.6. The SMILES string of the molecule is CCCC1CNC(=O)OC12CCN(Cc1ccccc1)CC2. The minimum absolute atomic E-state index is 0.231. The molecule has 3 rings (SSSR count). The first-order chi connectivity index (χ1) is 10.7. The van der Waals surface area contributed by atoms with Gasteiger partial charge in [0.25, 0.3) is 0 Å². The molecule has 2 fully saturated rings. The number of rotatable bonds is 4. The van der Waals surface area contributed by atoms with Crippen LogP contribution in [-0.4, -0.2) is 36.2 Å². The van der Waals surface area contributed by atoms with Crippen molar-refractivity contribution in [2.24, 2.45) is 5.92 Å². The maximum Gasteiger partial charge on any atom is 0.407 e. The number of benzene rings is 1. The third kappa shape index (κ3) is 3.27. The summed E-state index contributed by atoms with van der Waals surface area (Å²) in [7, 11) is 0. The van der Waals surface area contributed by atoms with Crippen LogP contribution in [0.3, 0.4) is 0 Å². The Balaban J connectivity index is 1.62. The van der Waals surface area contributed by atoms with Crippen LogP contribution in [0.5, 0.6) is 0 Å². The number of carbonyl (C=O) groups is 1. The van der Waals surface area contributed by atoms with E-state index in [1.54, 1.807) is 0 Å².